The normalized spacial score (nSPS) is 13.1. The number of hydrogen-bond acceptors (Lipinski definition) is 4. The predicted molar refractivity (Wildman–Crippen MR) is 78.4 cm³/mol. The van der Waals surface area contributed by atoms with E-state index in [0.29, 0.717) is 17.0 Å². The van der Waals surface area contributed by atoms with E-state index in [1.165, 1.54) is 7.11 Å². The van der Waals surface area contributed by atoms with Crippen molar-refractivity contribution in [2.45, 2.75) is 18.9 Å². The van der Waals surface area contributed by atoms with Crippen LogP contribution >= 0.6 is 12.4 Å². The first-order valence-corrected chi connectivity index (χ1v) is 6.13. The Bertz CT molecular complexity index is 504. The van der Waals surface area contributed by atoms with Crippen LogP contribution in [0.2, 0.25) is 0 Å². The van der Waals surface area contributed by atoms with Crippen molar-refractivity contribution in [3.8, 4) is 5.75 Å². The van der Waals surface area contributed by atoms with Crippen LogP contribution in [-0.2, 0) is 4.79 Å². The smallest absolute Gasteiger partial charge is 0.253 e. The second kappa shape index (κ2) is 7.12. The van der Waals surface area contributed by atoms with E-state index in [2.05, 4.69) is 10.6 Å². The molecule has 0 spiro atoms. The third-order valence-electron chi connectivity index (χ3n) is 2.84. The molecule has 1 aromatic rings. The van der Waals surface area contributed by atoms with E-state index < -0.39 is 0 Å². The molecule has 2 rings (SSSR count). The summed E-state index contributed by atoms with van der Waals surface area (Å²) in [5, 5.41) is 5.48. The molecule has 0 aromatic heterocycles. The highest BCUT2D eigenvalue weighted by atomic mass is 35.5. The molecule has 1 fully saturated rings. The Morgan fingerprint density at radius 3 is 2.65 bits per heavy atom. The summed E-state index contributed by atoms with van der Waals surface area (Å²) in [5.74, 6) is 0.00561. The number of carbonyl (C=O) groups excluding carboxylic acids is 2. The van der Waals surface area contributed by atoms with Crippen LogP contribution in [0.25, 0.3) is 0 Å². The molecule has 0 heterocycles. The van der Waals surface area contributed by atoms with Gasteiger partial charge in [-0.2, -0.15) is 0 Å². The minimum atomic E-state index is -0.342. The lowest BCUT2D eigenvalue weighted by Crippen LogP contribution is -2.28. The van der Waals surface area contributed by atoms with Gasteiger partial charge in [0.15, 0.2) is 0 Å². The van der Waals surface area contributed by atoms with Gasteiger partial charge in [-0.1, -0.05) is 0 Å². The first-order valence-electron chi connectivity index (χ1n) is 6.13. The fourth-order valence-electron chi connectivity index (χ4n) is 1.64. The SMILES string of the molecule is COc1ccc(NC(=O)CN)c(C(=O)NC2CC2)c1.Cl. The lowest BCUT2D eigenvalue weighted by Gasteiger charge is -2.12. The number of nitrogens with one attached hydrogen (secondary N) is 2. The summed E-state index contributed by atoms with van der Waals surface area (Å²) in [6, 6.07) is 5.16. The molecule has 0 saturated heterocycles. The van der Waals surface area contributed by atoms with Crippen LogP contribution in [-0.4, -0.2) is 31.5 Å². The number of rotatable bonds is 5. The van der Waals surface area contributed by atoms with E-state index in [0.717, 1.165) is 12.8 Å². The Morgan fingerprint density at radius 1 is 1.40 bits per heavy atom. The summed E-state index contributed by atoms with van der Waals surface area (Å²) < 4.78 is 5.09. The Hall–Kier alpha value is -1.79. The molecule has 20 heavy (non-hydrogen) atoms. The maximum atomic E-state index is 12.1. The number of halogens is 1. The monoisotopic (exact) mass is 299 g/mol. The Morgan fingerprint density at radius 2 is 2.10 bits per heavy atom. The Kier molecular flexibility index (Phi) is 5.79. The third kappa shape index (κ3) is 4.11. The van der Waals surface area contributed by atoms with Crippen molar-refractivity contribution in [2.75, 3.05) is 19.0 Å². The minimum Gasteiger partial charge on any atom is -0.497 e. The van der Waals surface area contributed by atoms with Crippen LogP contribution in [0.5, 0.6) is 5.75 Å². The van der Waals surface area contributed by atoms with Gasteiger partial charge in [0.1, 0.15) is 5.75 Å². The summed E-state index contributed by atoms with van der Waals surface area (Å²) in [7, 11) is 1.52. The molecule has 0 radical (unpaired) electrons. The molecule has 0 unspecified atom stereocenters. The summed E-state index contributed by atoms with van der Waals surface area (Å²) >= 11 is 0. The molecular formula is C13H18ClN3O3. The van der Waals surface area contributed by atoms with Crippen molar-refractivity contribution in [1.29, 1.82) is 0 Å². The number of benzene rings is 1. The maximum Gasteiger partial charge on any atom is 0.253 e. The number of anilines is 1. The van der Waals surface area contributed by atoms with Gasteiger partial charge in [-0.25, -0.2) is 0 Å². The molecule has 1 aliphatic carbocycles. The zero-order valence-electron chi connectivity index (χ0n) is 11.1. The number of nitrogens with two attached hydrogens (primary N) is 1. The second-order valence-electron chi connectivity index (χ2n) is 4.41. The van der Waals surface area contributed by atoms with Gasteiger partial charge in [0.05, 0.1) is 24.9 Å². The van der Waals surface area contributed by atoms with Crippen molar-refractivity contribution < 1.29 is 14.3 Å². The average Bonchev–Trinajstić information content (AvgIpc) is 3.22. The van der Waals surface area contributed by atoms with E-state index in [9.17, 15) is 9.59 Å². The molecule has 6 nitrogen and oxygen atoms in total. The van der Waals surface area contributed by atoms with E-state index in [4.69, 9.17) is 10.5 Å². The molecule has 0 atom stereocenters. The molecule has 7 heteroatoms. The average molecular weight is 300 g/mol. The lowest BCUT2D eigenvalue weighted by atomic mass is 10.1. The number of carbonyl (C=O) groups is 2. The van der Waals surface area contributed by atoms with Gasteiger partial charge < -0.3 is 21.1 Å². The molecule has 110 valence electrons. The van der Waals surface area contributed by atoms with Gasteiger partial charge >= 0.3 is 0 Å². The van der Waals surface area contributed by atoms with Crippen LogP contribution in [0, 0.1) is 0 Å². The predicted octanol–water partition coefficient (Wildman–Crippen LogP) is 0.906. The Balaban J connectivity index is 0.00000200. The summed E-state index contributed by atoms with van der Waals surface area (Å²) in [5.41, 5.74) is 6.08. The van der Waals surface area contributed by atoms with Crippen molar-refractivity contribution in [1.82, 2.24) is 5.32 Å². The highest BCUT2D eigenvalue weighted by molar-refractivity contribution is 6.04. The first kappa shape index (κ1) is 16.3. The van der Waals surface area contributed by atoms with Crippen LogP contribution < -0.4 is 21.1 Å². The van der Waals surface area contributed by atoms with Crippen LogP contribution in [0.3, 0.4) is 0 Å². The van der Waals surface area contributed by atoms with Gasteiger partial charge in [0.25, 0.3) is 5.91 Å². The molecule has 4 N–H and O–H groups in total. The number of ether oxygens (including phenoxy) is 1. The van der Waals surface area contributed by atoms with E-state index in [1.54, 1.807) is 18.2 Å². The van der Waals surface area contributed by atoms with E-state index in [1.807, 2.05) is 0 Å². The zero-order valence-corrected chi connectivity index (χ0v) is 12.0. The molecule has 1 aliphatic rings. The number of methoxy groups -OCH3 is 1. The maximum absolute atomic E-state index is 12.1. The fraction of sp³-hybridized carbons (Fsp3) is 0.385. The van der Waals surface area contributed by atoms with Crippen molar-refractivity contribution in [3.05, 3.63) is 23.8 Å². The fourth-order valence-corrected chi connectivity index (χ4v) is 1.64. The number of amides is 2. The van der Waals surface area contributed by atoms with Crippen LogP contribution in [0.1, 0.15) is 23.2 Å². The van der Waals surface area contributed by atoms with Crippen molar-refractivity contribution in [3.63, 3.8) is 0 Å². The van der Waals surface area contributed by atoms with E-state index in [-0.39, 0.29) is 36.8 Å². The van der Waals surface area contributed by atoms with Crippen LogP contribution in [0.4, 0.5) is 5.69 Å². The second-order valence-corrected chi connectivity index (χ2v) is 4.41. The minimum absolute atomic E-state index is 0. The summed E-state index contributed by atoms with van der Waals surface area (Å²) in [4.78, 5) is 23.5. The van der Waals surface area contributed by atoms with E-state index >= 15 is 0 Å². The molecule has 0 bridgehead atoms. The largest absolute Gasteiger partial charge is 0.497 e. The third-order valence-corrected chi connectivity index (χ3v) is 2.84. The van der Waals surface area contributed by atoms with Gasteiger partial charge in [-0.05, 0) is 31.0 Å². The first-order chi connectivity index (χ1) is 9.13. The molecule has 1 aromatic carbocycles. The highest BCUT2D eigenvalue weighted by Crippen LogP contribution is 2.24. The number of hydrogen-bond donors (Lipinski definition) is 3. The topological polar surface area (TPSA) is 93.4 Å². The molecular weight excluding hydrogens is 282 g/mol. The standard InChI is InChI=1S/C13H17N3O3.ClH/c1-19-9-4-5-11(16-12(17)7-14)10(6-9)13(18)15-8-2-3-8;/h4-6,8H,2-3,7,14H2,1H3,(H,15,18)(H,16,17);1H. The van der Waals surface area contributed by atoms with Gasteiger partial charge in [-0.15, -0.1) is 12.4 Å². The zero-order chi connectivity index (χ0) is 13.8. The van der Waals surface area contributed by atoms with Gasteiger partial charge in [0.2, 0.25) is 5.91 Å². The van der Waals surface area contributed by atoms with Gasteiger partial charge in [-0.3, -0.25) is 9.59 Å². The van der Waals surface area contributed by atoms with Crippen molar-refractivity contribution >= 4 is 29.9 Å². The van der Waals surface area contributed by atoms with Crippen molar-refractivity contribution in [2.24, 2.45) is 5.73 Å². The molecule has 0 aliphatic heterocycles. The quantitative estimate of drug-likeness (QED) is 0.753. The highest BCUT2D eigenvalue weighted by Gasteiger charge is 2.25. The lowest BCUT2D eigenvalue weighted by molar-refractivity contribution is -0.114. The molecule has 2 amide bonds. The molecule has 1 saturated carbocycles. The Labute approximate surface area is 123 Å². The van der Waals surface area contributed by atoms with Gasteiger partial charge in [0, 0.05) is 6.04 Å². The van der Waals surface area contributed by atoms with Crippen LogP contribution in [0.15, 0.2) is 18.2 Å². The summed E-state index contributed by atoms with van der Waals surface area (Å²) in [6.07, 6.45) is 2.00. The summed E-state index contributed by atoms with van der Waals surface area (Å²) in [6.45, 7) is -0.129.